The van der Waals surface area contributed by atoms with Crippen molar-refractivity contribution in [2.75, 3.05) is 24.7 Å². The van der Waals surface area contributed by atoms with E-state index in [0.29, 0.717) is 24.4 Å². The van der Waals surface area contributed by atoms with Crippen LogP contribution in [0.2, 0.25) is 0 Å². The Balaban J connectivity index is 1.52. The van der Waals surface area contributed by atoms with E-state index < -0.39 is 17.4 Å². The predicted molar refractivity (Wildman–Crippen MR) is 121 cm³/mol. The minimum Gasteiger partial charge on any atom is -0.496 e. The molecule has 8 nitrogen and oxygen atoms in total. The van der Waals surface area contributed by atoms with Gasteiger partial charge in [0.1, 0.15) is 11.9 Å². The van der Waals surface area contributed by atoms with Crippen molar-refractivity contribution in [2.45, 2.75) is 36.9 Å². The first kappa shape index (κ1) is 22.6. The maximum atomic E-state index is 12.4. The standard InChI is InChI=1S/C22H26N4O4S/c1-22(2,9-11-31-19-6-4-5-10-24-19)26-21(28)20(27)25-15-7-8-16(17(12-15)29-3)18-13-23-14-30-18/h4-8,10,12,14,18H,9,11,13H2,1-3H3,(H,25,27)(H,26,28). The Hall–Kier alpha value is -3.07. The molecule has 9 heteroatoms. The summed E-state index contributed by atoms with van der Waals surface area (Å²) in [6, 6.07) is 10.9. The van der Waals surface area contributed by atoms with E-state index in [9.17, 15) is 9.59 Å². The average molecular weight is 443 g/mol. The number of aliphatic imine (C=N–C) groups is 1. The van der Waals surface area contributed by atoms with Crippen molar-refractivity contribution < 1.29 is 19.1 Å². The highest BCUT2D eigenvalue weighted by Gasteiger charge is 2.25. The van der Waals surface area contributed by atoms with Gasteiger partial charge in [0.25, 0.3) is 0 Å². The van der Waals surface area contributed by atoms with Crippen LogP contribution in [0.25, 0.3) is 0 Å². The van der Waals surface area contributed by atoms with Crippen LogP contribution in [0.15, 0.2) is 52.6 Å². The van der Waals surface area contributed by atoms with Crippen molar-refractivity contribution in [1.29, 1.82) is 0 Å². The Morgan fingerprint density at radius 2 is 2.10 bits per heavy atom. The summed E-state index contributed by atoms with van der Waals surface area (Å²) in [6.07, 6.45) is 3.63. The number of methoxy groups -OCH3 is 1. The molecule has 1 aromatic carbocycles. The molecule has 0 aliphatic carbocycles. The van der Waals surface area contributed by atoms with Gasteiger partial charge in [0.2, 0.25) is 0 Å². The topological polar surface area (TPSA) is 102 Å². The van der Waals surface area contributed by atoms with Crippen LogP contribution in [0.4, 0.5) is 5.69 Å². The molecule has 3 rings (SSSR count). The zero-order valence-electron chi connectivity index (χ0n) is 17.8. The molecule has 31 heavy (non-hydrogen) atoms. The molecule has 1 atom stereocenters. The molecule has 0 saturated carbocycles. The van der Waals surface area contributed by atoms with Gasteiger partial charge in [-0.05, 0) is 44.5 Å². The molecule has 1 aliphatic heterocycles. The quantitative estimate of drug-likeness (QED) is 0.481. The molecule has 1 aromatic heterocycles. The van der Waals surface area contributed by atoms with Crippen LogP contribution in [-0.2, 0) is 14.3 Å². The van der Waals surface area contributed by atoms with Crippen molar-refractivity contribution in [3.8, 4) is 5.75 Å². The number of benzene rings is 1. The van der Waals surface area contributed by atoms with E-state index in [0.717, 1.165) is 16.3 Å². The number of aromatic nitrogens is 1. The number of nitrogens with one attached hydrogen (secondary N) is 2. The fraction of sp³-hybridized carbons (Fsp3) is 0.364. The second-order valence-electron chi connectivity index (χ2n) is 7.61. The normalized spacial score (nSPS) is 15.3. The predicted octanol–water partition coefficient (Wildman–Crippen LogP) is 3.21. The Morgan fingerprint density at radius 3 is 2.77 bits per heavy atom. The van der Waals surface area contributed by atoms with Gasteiger partial charge in [-0.2, -0.15) is 0 Å². The SMILES string of the molecule is COc1cc(NC(=O)C(=O)NC(C)(C)CCSc2ccccn2)ccc1C1CN=CO1. The number of carbonyl (C=O) groups is 2. The second-order valence-corrected chi connectivity index (χ2v) is 8.73. The molecule has 164 valence electrons. The summed E-state index contributed by atoms with van der Waals surface area (Å²) in [4.78, 5) is 33.1. The number of pyridine rings is 1. The van der Waals surface area contributed by atoms with Crippen LogP contribution in [0.1, 0.15) is 31.9 Å². The zero-order valence-corrected chi connectivity index (χ0v) is 18.6. The van der Waals surface area contributed by atoms with Gasteiger partial charge in [0.15, 0.2) is 6.40 Å². The first-order valence-corrected chi connectivity index (χ1v) is 10.9. The fourth-order valence-electron chi connectivity index (χ4n) is 2.98. The smallest absolute Gasteiger partial charge is 0.313 e. The molecule has 2 amide bonds. The van der Waals surface area contributed by atoms with Crippen molar-refractivity contribution in [1.82, 2.24) is 10.3 Å². The Morgan fingerprint density at radius 1 is 1.26 bits per heavy atom. The molecule has 0 saturated heterocycles. The number of thioether (sulfide) groups is 1. The number of hydrogen-bond donors (Lipinski definition) is 2. The van der Waals surface area contributed by atoms with E-state index in [-0.39, 0.29) is 6.10 Å². The lowest BCUT2D eigenvalue weighted by atomic mass is 10.0. The number of hydrogen-bond acceptors (Lipinski definition) is 7. The number of nitrogens with zero attached hydrogens (tertiary/aromatic N) is 2. The highest BCUT2D eigenvalue weighted by Crippen LogP contribution is 2.32. The third-order valence-corrected chi connectivity index (χ3v) is 5.63. The summed E-state index contributed by atoms with van der Waals surface area (Å²) < 4.78 is 10.8. The van der Waals surface area contributed by atoms with Crippen LogP contribution < -0.4 is 15.4 Å². The van der Waals surface area contributed by atoms with E-state index in [1.54, 1.807) is 43.3 Å². The zero-order chi connectivity index (χ0) is 22.3. The lowest BCUT2D eigenvalue weighted by molar-refractivity contribution is -0.137. The van der Waals surface area contributed by atoms with Gasteiger partial charge in [0.05, 0.1) is 18.7 Å². The van der Waals surface area contributed by atoms with Crippen LogP contribution in [0, 0.1) is 0 Å². The van der Waals surface area contributed by atoms with Gasteiger partial charge in [-0.3, -0.25) is 14.6 Å². The number of amides is 2. The van der Waals surface area contributed by atoms with E-state index in [1.807, 2.05) is 32.0 Å². The summed E-state index contributed by atoms with van der Waals surface area (Å²) in [5.41, 5.74) is 0.745. The van der Waals surface area contributed by atoms with E-state index in [2.05, 4.69) is 20.6 Å². The Labute approximate surface area is 185 Å². The largest absolute Gasteiger partial charge is 0.496 e. The van der Waals surface area contributed by atoms with Gasteiger partial charge in [0, 0.05) is 34.8 Å². The maximum Gasteiger partial charge on any atom is 0.313 e. The van der Waals surface area contributed by atoms with E-state index in [4.69, 9.17) is 9.47 Å². The van der Waals surface area contributed by atoms with Crippen molar-refractivity contribution in [3.63, 3.8) is 0 Å². The fourth-order valence-corrected chi connectivity index (χ4v) is 4.11. The van der Waals surface area contributed by atoms with Crippen LogP contribution >= 0.6 is 11.8 Å². The monoisotopic (exact) mass is 442 g/mol. The average Bonchev–Trinajstić information content (AvgIpc) is 3.28. The highest BCUT2D eigenvalue weighted by molar-refractivity contribution is 7.99. The van der Waals surface area contributed by atoms with E-state index >= 15 is 0 Å². The molecule has 2 N–H and O–H groups in total. The summed E-state index contributed by atoms with van der Waals surface area (Å²) >= 11 is 1.61. The summed E-state index contributed by atoms with van der Waals surface area (Å²) in [5, 5.41) is 6.34. The molecule has 0 bridgehead atoms. The maximum absolute atomic E-state index is 12.4. The van der Waals surface area contributed by atoms with Crippen LogP contribution in [-0.4, -0.2) is 48.1 Å². The number of rotatable bonds is 8. The summed E-state index contributed by atoms with van der Waals surface area (Å²) in [6.45, 7) is 4.29. The summed E-state index contributed by atoms with van der Waals surface area (Å²) in [7, 11) is 1.54. The third kappa shape index (κ3) is 6.45. The molecule has 0 spiro atoms. The molecule has 0 fully saturated rings. The van der Waals surface area contributed by atoms with Gasteiger partial charge in [-0.15, -0.1) is 11.8 Å². The molecule has 2 aromatic rings. The lowest BCUT2D eigenvalue weighted by Crippen LogP contribution is -2.48. The van der Waals surface area contributed by atoms with Crippen LogP contribution in [0.5, 0.6) is 5.75 Å². The van der Waals surface area contributed by atoms with Gasteiger partial charge in [-0.1, -0.05) is 6.07 Å². The van der Waals surface area contributed by atoms with Gasteiger partial charge in [-0.25, -0.2) is 4.98 Å². The molecular formula is C22H26N4O4S. The Kier molecular flexibility index (Phi) is 7.51. The lowest BCUT2D eigenvalue weighted by Gasteiger charge is -2.25. The molecule has 1 aliphatic rings. The number of anilines is 1. The third-order valence-electron chi connectivity index (χ3n) is 4.68. The number of carbonyl (C=O) groups excluding carboxylic acids is 2. The first-order chi connectivity index (χ1) is 14.9. The van der Waals surface area contributed by atoms with Crippen molar-refractivity contribution in [2.24, 2.45) is 4.99 Å². The highest BCUT2D eigenvalue weighted by atomic mass is 32.2. The van der Waals surface area contributed by atoms with Crippen LogP contribution in [0.3, 0.4) is 0 Å². The number of ether oxygens (including phenoxy) is 2. The molecule has 0 radical (unpaired) electrons. The molecule has 1 unspecified atom stereocenters. The van der Waals surface area contributed by atoms with E-state index in [1.165, 1.54) is 6.40 Å². The minimum atomic E-state index is -0.735. The Bertz CT molecular complexity index is 942. The molecular weight excluding hydrogens is 416 g/mol. The molecule has 2 heterocycles. The minimum absolute atomic E-state index is 0.215. The van der Waals surface area contributed by atoms with Crippen molar-refractivity contribution >= 4 is 35.7 Å². The van der Waals surface area contributed by atoms with Crippen molar-refractivity contribution in [3.05, 3.63) is 48.2 Å². The summed E-state index contributed by atoms with van der Waals surface area (Å²) in [5.74, 6) is -0.109. The van der Waals surface area contributed by atoms with Gasteiger partial charge < -0.3 is 20.1 Å². The van der Waals surface area contributed by atoms with Gasteiger partial charge >= 0.3 is 11.8 Å². The second kappa shape index (κ2) is 10.3. The first-order valence-electron chi connectivity index (χ1n) is 9.87.